The molecule has 7 heteroatoms. The predicted molar refractivity (Wildman–Crippen MR) is 74.9 cm³/mol. The first-order valence-electron chi connectivity index (χ1n) is 6.86. The van der Waals surface area contributed by atoms with Gasteiger partial charge in [0, 0.05) is 18.8 Å². The molecule has 6 nitrogen and oxygen atoms in total. The monoisotopic (exact) mass is 302 g/mol. The number of furan rings is 1. The van der Waals surface area contributed by atoms with Crippen LogP contribution in [0.3, 0.4) is 0 Å². The van der Waals surface area contributed by atoms with Gasteiger partial charge in [-0.05, 0) is 38.4 Å². The molecule has 1 aliphatic heterocycles. The molecule has 114 valence electrons. The van der Waals surface area contributed by atoms with Gasteiger partial charge >= 0.3 is 0 Å². The smallest absolute Gasteiger partial charge is 0.274 e. The van der Waals surface area contributed by atoms with Crippen molar-refractivity contribution in [3.05, 3.63) is 17.9 Å². The van der Waals surface area contributed by atoms with Crippen LogP contribution in [-0.2, 0) is 21.3 Å². The van der Waals surface area contributed by atoms with Crippen LogP contribution in [0.5, 0.6) is 0 Å². The van der Waals surface area contributed by atoms with Crippen LogP contribution in [-0.4, -0.2) is 33.7 Å². The number of hydrogen-bond acceptors (Lipinski definition) is 5. The SMILES string of the molecule is CCNCc1ccc(S(=O)(=O)NC2(C)CCOCC2)o1. The Morgan fingerprint density at radius 3 is 2.65 bits per heavy atom. The van der Waals surface area contributed by atoms with Gasteiger partial charge in [-0.15, -0.1) is 0 Å². The fourth-order valence-corrected chi connectivity index (χ4v) is 3.56. The third-order valence-electron chi connectivity index (χ3n) is 3.43. The van der Waals surface area contributed by atoms with Gasteiger partial charge in [0.1, 0.15) is 5.76 Å². The molecule has 2 rings (SSSR count). The number of nitrogens with one attached hydrogen (secondary N) is 2. The van der Waals surface area contributed by atoms with Crippen molar-refractivity contribution < 1.29 is 17.6 Å². The number of sulfonamides is 1. The first kappa shape index (κ1) is 15.5. The van der Waals surface area contributed by atoms with Crippen LogP contribution in [0.4, 0.5) is 0 Å². The molecule has 0 atom stereocenters. The fourth-order valence-electron chi connectivity index (χ4n) is 2.14. The first-order chi connectivity index (χ1) is 9.45. The van der Waals surface area contributed by atoms with Crippen LogP contribution in [0.25, 0.3) is 0 Å². The maximum atomic E-state index is 12.3. The molecule has 1 aromatic heterocycles. The van der Waals surface area contributed by atoms with E-state index < -0.39 is 15.6 Å². The molecule has 2 heterocycles. The average molecular weight is 302 g/mol. The Balaban J connectivity index is 2.07. The van der Waals surface area contributed by atoms with Crippen molar-refractivity contribution >= 4 is 10.0 Å². The van der Waals surface area contributed by atoms with Crippen molar-refractivity contribution in [2.45, 2.75) is 43.9 Å². The summed E-state index contributed by atoms with van der Waals surface area (Å²) in [6.45, 7) is 6.35. The van der Waals surface area contributed by atoms with Gasteiger partial charge in [-0.2, -0.15) is 0 Å². The summed E-state index contributed by atoms with van der Waals surface area (Å²) < 4.78 is 38.0. The molecule has 0 unspecified atom stereocenters. The van der Waals surface area contributed by atoms with Crippen LogP contribution in [0, 0.1) is 0 Å². The zero-order valence-electron chi connectivity index (χ0n) is 11.9. The zero-order valence-corrected chi connectivity index (χ0v) is 12.8. The summed E-state index contributed by atoms with van der Waals surface area (Å²) in [4.78, 5) is 0. The maximum Gasteiger partial charge on any atom is 0.274 e. The fraction of sp³-hybridized carbons (Fsp3) is 0.692. The number of ether oxygens (including phenoxy) is 1. The van der Waals surface area contributed by atoms with E-state index in [4.69, 9.17) is 9.15 Å². The Hall–Kier alpha value is -0.890. The van der Waals surface area contributed by atoms with Gasteiger partial charge < -0.3 is 14.5 Å². The molecule has 0 saturated carbocycles. The van der Waals surface area contributed by atoms with Gasteiger partial charge in [0.25, 0.3) is 10.0 Å². The number of hydrogen-bond donors (Lipinski definition) is 2. The lowest BCUT2D eigenvalue weighted by molar-refractivity contribution is 0.0536. The highest BCUT2D eigenvalue weighted by molar-refractivity contribution is 7.89. The van der Waals surface area contributed by atoms with Gasteiger partial charge in [-0.1, -0.05) is 6.92 Å². The Morgan fingerprint density at radius 1 is 1.30 bits per heavy atom. The minimum absolute atomic E-state index is 0.0295. The third-order valence-corrected chi connectivity index (χ3v) is 4.94. The van der Waals surface area contributed by atoms with Crippen molar-refractivity contribution in [1.29, 1.82) is 0 Å². The van der Waals surface area contributed by atoms with E-state index in [0.29, 0.717) is 38.4 Å². The van der Waals surface area contributed by atoms with Gasteiger partial charge in [-0.3, -0.25) is 0 Å². The highest BCUT2D eigenvalue weighted by Crippen LogP contribution is 2.23. The summed E-state index contributed by atoms with van der Waals surface area (Å²) >= 11 is 0. The molecule has 1 aromatic rings. The lowest BCUT2D eigenvalue weighted by Crippen LogP contribution is -2.49. The van der Waals surface area contributed by atoms with Gasteiger partial charge in [-0.25, -0.2) is 13.1 Å². The summed E-state index contributed by atoms with van der Waals surface area (Å²) in [5, 5.41) is 3.06. The van der Waals surface area contributed by atoms with E-state index in [1.165, 1.54) is 6.07 Å². The van der Waals surface area contributed by atoms with Crippen molar-refractivity contribution in [3.63, 3.8) is 0 Å². The molecule has 0 aliphatic carbocycles. The topological polar surface area (TPSA) is 80.6 Å². The highest BCUT2D eigenvalue weighted by atomic mass is 32.2. The van der Waals surface area contributed by atoms with Gasteiger partial charge in [0.2, 0.25) is 5.09 Å². The largest absolute Gasteiger partial charge is 0.447 e. The molecule has 2 N–H and O–H groups in total. The van der Waals surface area contributed by atoms with Crippen LogP contribution in [0.15, 0.2) is 21.6 Å². The Kier molecular flexibility index (Phi) is 4.85. The molecule has 1 fully saturated rings. The highest BCUT2D eigenvalue weighted by Gasteiger charge is 2.33. The summed E-state index contributed by atoms with van der Waals surface area (Å²) in [5.74, 6) is 0.615. The second kappa shape index (κ2) is 6.26. The predicted octanol–water partition coefficient (Wildman–Crippen LogP) is 1.24. The molecule has 0 aromatic carbocycles. The lowest BCUT2D eigenvalue weighted by Gasteiger charge is -2.33. The lowest BCUT2D eigenvalue weighted by atomic mass is 9.94. The average Bonchev–Trinajstić information content (AvgIpc) is 2.85. The summed E-state index contributed by atoms with van der Waals surface area (Å²) in [6.07, 6.45) is 1.33. The molecule has 1 saturated heterocycles. The standard InChI is InChI=1S/C13H22N2O4S/c1-3-14-10-11-4-5-12(19-11)20(16,17)15-13(2)6-8-18-9-7-13/h4-5,14-15H,3,6-10H2,1-2H3. The molecule has 0 amide bonds. The normalized spacial score (nSPS) is 19.1. The Labute approximate surface area is 119 Å². The summed E-state index contributed by atoms with van der Waals surface area (Å²) in [6, 6.07) is 3.18. The van der Waals surface area contributed by atoms with Crippen LogP contribution in [0.2, 0.25) is 0 Å². The molecule has 20 heavy (non-hydrogen) atoms. The van der Waals surface area contributed by atoms with E-state index in [-0.39, 0.29) is 5.09 Å². The molecule has 0 bridgehead atoms. The van der Waals surface area contributed by atoms with Crippen molar-refractivity contribution in [1.82, 2.24) is 10.0 Å². The first-order valence-corrected chi connectivity index (χ1v) is 8.35. The molecular formula is C13H22N2O4S. The van der Waals surface area contributed by atoms with Crippen molar-refractivity contribution in [2.75, 3.05) is 19.8 Å². The Morgan fingerprint density at radius 2 is 2.00 bits per heavy atom. The van der Waals surface area contributed by atoms with Crippen LogP contribution in [0.1, 0.15) is 32.4 Å². The Bertz CT molecular complexity index is 532. The maximum absolute atomic E-state index is 12.3. The second-order valence-electron chi connectivity index (χ2n) is 5.28. The second-order valence-corrected chi connectivity index (χ2v) is 6.89. The summed E-state index contributed by atoms with van der Waals surface area (Å²) in [7, 11) is -3.62. The van der Waals surface area contributed by atoms with Gasteiger partial charge in [0.05, 0.1) is 6.54 Å². The minimum Gasteiger partial charge on any atom is -0.447 e. The van der Waals surface area contributed by atoms with Gasteiger partial charge in [0.15, 0.2) is 0 Å². The van der Waals surface area contributed by atoms with E-state index in [9.17, 15) is 8.42 Å². The van der Waals surface area contributed by atoms with Crippen molar-refractivity contribution in [3.8, 4) is 0 Å². The van der Waals surface area contributed by atoms with E-state index in [0.717, 1.165) is 6.54 Å². The van der Waals surface area contributed by atoms with E-state index in [1.54, 1.807) is 6.07 Å². The van der Waals surface area contributed by atoms with Crippen LogP contribution < -0.4 is 10.0 Å². The quantitative estimate of drug-likeness (QED) is 0.826. The third kappa shape index (κ3) is 3.82. The van der Waals surface area contributed by atoms with E-state index in [1.807, 2.05) is 13.8 Å². The molecule has 0 spiro atoms. The van der Waals surface area contributed by atoms with E-state index in [2.05, 4.69) is 10.0 Å². The van der Waals surface area contributed by atoms with E-state index >= 15 is 0 Å². The van der Waals surface area contributed by atoms with Crippen molar-refractivity contribution in [2.24, 2.45) is 0 Å². The zero-order chi connectivity index (χ0) is 14.6. The number of rotatable bonds is 6. The summed E-state index contributed by atoms with van der Waals surface area (Å²) in [5.41, 5.74) is -0.467. The molecule has 1 aliphatic rings. The minimum atomic E-state index is -3.62. The molecular weight excluding hydrogens is 280 g/mol. The molecule has 0 radical (unpaired) electrons. The van der Waals surface area contributed by atoms with Crippen LogP contribution >= 0.6 is 0 Å².